The number of piperidine rings is 1. The quantitative estimate of drug-likeness (QED) is 0.776. The summed E-state index contributed by atoms with van der Waals surface area (Å²) in [5.41, 5.74) is 0.985. The molecule has 0 bridgehead atoms. The number of likely N-dealkylation sites (tertiary alicyclic amines) is 1. The Bertz CT molecular complexity index is 354. The summed E-state index contributed by atoms with van der Waals surface area (Å²) >= 11 is 0. The van der Waals surface area contributed by atoms with Gasteiger partial charge in [-0.05, 0) is 40.2 Å². The first-order chi connectivity index (χ1) is 7.48. The summed E-state index contributed by atoms with van der Waals surface area (Å²) in [7, 11) is 0. The second-order valence-corrected chi connectivity index (χ2v) is 5.03. The van der Waals surface area contributed by atoms with Gasteiger partial charge in [0.2, 0.25) is 0 Å². The van der Waals surface area contributed by atoms with Gasteiger partial charge in [-0.3, -0.25) is 4.90 Å². The van der Waals surface area contributed by atoms with Gasteiger partial charge in [-0.25, -0.2) is 4.39 Å². The molecule has 1 aliphatic heterocycles. The molecule has 1 aliphatic rings. The maximum atomic E-state index is 13.9. The molecule has 2 rings (SSSR count). The third-order valence-electron chi connectivity index (χ3n) is 3.29. The lowest BCUT2D eigenvalue weighted by atomic mass is 9.96. The molecule has 1 aromatic rings. The van der Waals surface area contributed by atoms with Crippen LogP contribution in [0.1, 0.15) is 36.8 Å². The van der Waals surface area contributed by atoms with E-state index in [1.54, 1.807) is 6.92 Å². The minimum atomic E-state index is -1.04. The van der Waals surface area contributed by atoms with Gasteiger partial charge in [-0.1, -0.05) is 5.16 Å². The van der Waals surface area contributed by atoms with Crippen LogP contribution in [0.2, 0.25) is 0 Å². The van der Waals surface area contributed by atoms with Gasteiger partial charge >= 0.3 is 0 Å². The summed E-state index contributed by atoms with van der Waals surface area (Å²) in [5.74, 6) is 0.851. The number of aryl methyl sites for hydroxylation is 2. The average Bonchev–Trinajstić information content (AvgIpc) is 2.48. The zero-order valence-electron chi connectivity index (χ0n) is 10.2. The number of hydrogen-bond acceptors (Lipinski definition) is 3. The molecule has 0 aliphatic carbocycles. The van der Waals surface area contributed by atoms with Crippen LogP contribution >= 0.6 is 0 Å². The molecule has 0 N–H and O–H groups in total. The minimum Gasteiger partial charge on any atom is -0.361 e. The lowest BCUT2D eigenvalue weighted by Crippen LogP contribution is -2.42. The van der Waals surface area contributed by atoms with Crippen LogP contribution in [-0.2, 0) is 6.54 Å². The van der Waals surface area contributed by atoms with Gasteiger partial charge in [0, 0.05) is 18.7 Å². The molecule has 4 heteroatoms. The van der Waals surface area contributed by atoms with Crippen molar-refractivity contribution in [1.82, 2.24) is 10.1 Å². The first-order valence-corrected chi connectivity index (χ1v) is 5.81. The van der Waals surface area contributed by atoms with Crippen LogP contribution in [0, 0.1) is 13.8 Å². The molecule has 0 spiro atoms. The number of aromatic nitrogens is 1. The molecular weight excluding hydrogens is 207 g/mol. The maximum Gasteiger partial charge on any atom is 0.138 e. The molecule has 0 amide bonds. The predicted octanol–water partition coefficient (Wildman–Crippen LogP) is 2.62. The van der Waals surface area contributed by atoms with Crippen molar-refractivity contribution < 1.29 is 8.91 Å². The summed E-state index contributed by atoms with van der Waals surface area (Å²) in [6, 6.07) is 0. The van der Waals surface area contributed by atoms with Crippen molar-refractivity contribution in [3.05, 3.63) is 17.0 Å². The minimum absolute atomic E-state index is 0.511. The Morgan fingerprint density at radius 3 is 2.81 bits per heavy atom. The fourth-order valence-electron chi connectivity index (χ4n) is 2.38. The van der Waals surface area contributed by atoms with Crippen molar-refractivity contribution in [3.63, 3.8) is 0 Å². The summed E-state index contributed by atoms with van der Waals surface area (Å²) < 4.78 is 19.0. The summed E-state index contributed by atoms with van der Waals surface area (Å²) in [6.07, 6.45) is 1.60. The van der Waals surface area contributed by atoms with Crippen LogP contribution in [0.4, 0.5) is 4.39 Å². The molecule has 1 aromatic heterocycles. The van der Waals surface area contributed by atoms with Crippen molar-refractivity contribution in [2.45, 2.75) is 45.8 Å². The van der Waals surface area contributed by atoms with Gasteiger partial charge < -0.3 is 4.52 Å². The first-order valence-electron chi connectivity index (χ1n) is 5.81. The van der Waals surface area contributed by atoms with Crippen molar-refractivity contribution in [1.29, 1.82) is 0 Å². The zero-order chi connectivity index (χ0) is 11.8. The van der Waals surface area contributed by atoms with Gasteiger partial charge in [-0.2, -0.15) is 0 Å². The first kappa shape index (κ1) is 11.6. The van der Waals surface area contributed by atoms with E-state index in [0.29, 0.717) is 13.0 Å². The van der Waals surface area contributed by atoms with E-state index in [9.17, 15) is 4.39 Å². The van der Waals surface area contributed by atoms with Crippen LogP contribution in [-0.4, -0.2) is 28.8 Å². The summed E-state index contributed by atoms with van der Waals surface area (Å²) in [4.78, 5) is 2.15. The Hall–Kier alpha value is -0.900. The Labute approximate surface area is 95.6 Å². The summed E-state index contributed by atoms with van der Waals surface area (Å²) in [5, 5.41) is 3.92. The van der Waals surface area contributed by atoms with Crippen LogP contribution in [0.5, 0.6) is 0 Å². The summed E-state index contributed by atoms with van der Waals surface area (Å²) in [6.45, 7) is 7.76. The highest BCUT2D eigenvalue weighted by atomic mass is 19.1. The smallest absolute Gasteiger partial charge is 0.138 e. The van der Waals surface area contributed by atoms with Crippen molar-refractivity contribution in [2.75, 3.05) is 13.1 Å². The number of hydrogen-bond donors (Lipinski definition) is 0. The molecule has 0 saturated carbocycles. The number of nitrogens with zero attached hydrogens (tertiary/aromatic N) is 2. The number of alkyl halides is 1. The van der Waals surface area contributed by atoms with E-state index in [0.717, 1.165) is 36.5 Å². The highest BCUT2D eigenvalue weighted by molar-refractivity contribution is 5.20. The fourth-order valence-corrected chi connectivity index (χ4v) is 2.38. The largest absolute Gasteiger partial charge is 0.361 e. The van der Waals surface area contributed by atoms with E-state index in [2.05, 4.69) is 10.1 Å². The number of rotatable bonds is 2. The highest BCUT2D eigenvalue weighted by Crippen LogP contribution is 2.26. The van der Waals surface area contributed by atoms with Crippen molar-refractivity contribution in [3.8, 4) is 0 Å². The van der Waals surface area contributed by atoms with E-state index in [-0.39, 0.29) is 0 Å². The van der Waals surface area contributed by atoms with E-state index < -0.39 is 5.67 Å². The second-order valence-electron chi connectivity index (χ2n) is 5.03. The van der Waals surface area contributed by atoms with Gasteiger partial charge in [0.05, 0.1) is 5.69 Å². The lowest BCUT2D eigenvalue weighted by molar-refractivity contribution is 0.0560. The van der Waals surface area contributed by atoms with Gasteiger partial charge in [0.25, 0.3) is 0 Å². The monoisotopic (exact) mass is 226 g/mol. The van der Waals surface area contributed by atoms with E-state index in [1.807, 2.05) is 13.8 Å². The Morgan fingerprint density at radius 1 is 1.50 bits per heavy atom. The molecule has 16 heavy (non-hydrogen) atoms. The lowest BCUT2D eigenvalue weighted by Gasteiger charge is -2.34. The van der Waals surface area contributed by atoms with Gasteiger partial charge in [-0.15, -0.1) is 0 Å². The fraction of sp³-hybridized carbons (Fsp3) is 0.750. The molecule has 0 unspecified atom stereocenters. The van der Waals surface area contributed by atoms with E-state index in [1.165, 1.54) is 0 Å². The van der Waals surface area contributed by atoms with Crippen LogP contribution in [0.3, 0.4) is 0 Å². The van der Waals surface area contributed by atoms with E-state index >= 15 is 0 Å². The molecule has 1 atom stereocenters. The van der Waals surface area contributed by atoms with Crippen LogP contribution in [0.15, 0.2) is 4.52 Å². The third kappa shape index (κ3) is 2.43. The number of halogens is 1. The highest BCUT2D eigenvalue weighted by Gasteiger charge is 2.31. The predicted molar refractivity (Wildman–Crippen MR) is 60.0 cm³/mol. The standard InChI is InChI=1S/C12H19FN2O/c1-9-11(10(2)16-14-9)7-15-6-4-5-12(3,13)8-15/h4-8H2,1-3H3/t12-/m0/s1. The molecule has 1 saturated heterocycles. The average molecular weight is 226 g/mol. The molecular formula is C12H19FN2O. The van der Waals surface area contributed by atoms with Crippen molar-refractivity contribution >= 4 is 0 Å². The normalized spacial score (nSPS) is 27.2. The molecule has 0 aromatic carbocycles. The maximum absolute atomic E-state index is 13.9. The molecule has 2 heterocycles. The van der Waals surface area contributed by atoms with Crippen LogP contribution in [0.25, 0.3) is 0 Å². The van der Waals surface area contributed by atoms with Crippen molar-refractivity contribution in [2.24, 2.45) is 0 Å². The Kier molecular flexibility index (Phi) is 3.02. The second kappa shape index (κ2) is 4.17. The molecule has 0 radical (unpaired) electrons. The molecule has 90 valence electrons. The van der Waals surface area contributed by atoms with E-state index in [4.69, 9.17) is 4.52 Å². The van der Waals surface area contributed by atoms with Gasteiger partial charge in [0.15, 0.2) is 0 Å². The zero-order valence-corrected chi connectivity index (χ0v) is 10.2. The SMILES string of the molecule is Cc1noc(C)c1CN1CCC[C@](C)(F)C1. The topological polar surface area (TPSA) is 29.3 Å². The Balaban J connectivity index is 2.05. The van der Waals surface area contributed by atoms with Crippen LogP contribution < -0.4 is 0 Å². The third-order valence-corrected chi connectivity index (χ3v) is 3.29. The van der Waals surface area contributed by atoms with Gasteiger partial charge in [0.1, 0.15) is 11.4 Å². The molecule has 1 fully saturated rings. The molecule has 3 nitrogen and oxygen atoms in total. The Morgan fingerprint density at radius 2 is 2.25 bits per heavy atom.